The molecule has 0 unspecified atom stereocenters. The molecule has 0 spiro atoms. The van der Waals surface area contributed by atoms with Crippen LogP contribution in [0.3, 0.4) is 0 Å². The lowest BCUT2D eigenvalue weighted by Crippen LogP contribution is -2.45. The summed E-state index contributed by atoms with van der Waals surface area (Å²) in [6.45, 7) is 6.03. The van der Waals surface area contributed by atoms with Crippen molar-refractivity contribution in [2.24, 2.45) is 0 Å². The minimum absolute atomic E-state index is 0.121. The highest BCUT2D eigenvalue weighted by atomic mass is 16.5. The Kier molecular flexibility index (Phi) is 5.55. The van der Waals surface area contributed by atoms with Crippen LogP contribution >= 0.6 is 0 Å². The number of hydrogen-bond donors (Lipinski definition) is 0. The molecule has 0 saturated carbocycles. The van der Waals surface area contributed by atoms with Gasteiger partial charge in [0.2, 0.25) is 5.91 Å². The van der Waals surface area contributed by atoms with Crippen LogP contribution < -0.4 is 11.2 Å². The van der Waals surface area contributed by atoms with E-state index in [-0.39, 0.29) is 18.0 Å². The van der Waals surface area contributed by atoms with Crippen molar-refractivity contribution in [3.8, 4) is 5.69 Å². The van der Waals surface area contributed by atoms with Crippen LogP contribution in [0.4, 0.5) is 0 Å². The van der Waals surface area contributed by atoms with Crippen molar-refractivity contribution in [3.05, 3.63) is 74.9 Å². The second-order valence-electron chi connectivity index (χ2n) is 7.77. The number of para-hydroxylation sites is 1. The van der Waals surface area contributed by atoms with Gasteiger partial charge in [-0.25, -0.2) is 9.36 Å². The molecule has 2 aromatic carbocycles. The van der Waals surface area contributed by atoms with E-state index in [0.717, 1.165) is 10.1 Å². The molecular weight excluding hydrogens is 382 g/mol. The van der Waals surface area contributed by atoms with E-state index < -0.39 is 5.69 Å². The first-order valence-corrected chi connectivity index (χ1v) is 10.2. The molecule has 30 heavy (non-hydrogen) atoms. The van der Waals surface area contributed by atoms with Gasteiger partial charge < -0.3 is 9.64 Å². The number of morpholine rings is 1. The topological polar surface area (TPSA) is 73.5 Å². The Morgan fingerprint density at radius 3 is 2.33 bits per heavy atom. The molecule has 1 saturated heterocycles. The molecule has 156 valence electrons. The summed E-state index contributed by atoms with van der Waals surface area (Å²) < 4.78 is 7.85. The summed E-state index contributed by atoms with van der Waals surface area (Å²) in [6, 6.07) is 14.3. The zero-order chi connectivity index (χ0) is 21.3. The zero-order valence-corrected chi connectivity index (χ0v) is 17.2. The van der Waals surface area contributed by atoms with Crippen molar-refractivity contribution in [1.29, 1.82) is 0 Å². The minimum Gasteiger partial charge on any atom is -0.378 e. The first-order chi connectivity index (χ1) is 14.5. The summed E-state index contributed by atoms with van der Waals surface area (Å²) in [5, 5.41) is 0.403. The summed E-state index contributed by atoms with van der Waals surface area (Å²) >= 11 is 0. The molecule has 1 aromatic heterocycles. The molecule has 0 atom stereocenters. The third-order valence-corrected chi connectivity index (χ3v) is 5.53. The SMILES string of the molecule is CC(C)c1ccc(-n2c(=O)c3ccccc3n(CC(=O)N3CCOCC3)c2=O)cc1. The zero-order valence-electron chi connectivity index (χ0n) is 17.2. The minimum atomic E-state index is -0.516. The van der Waals surface area contributed by atoms with Gasteiger partial charge in [-0.3, -0.25) is 14.2 Å². The number of carbonyl (C=O) groups is 1. The predicted molar refractivity (Wildman–Crippen MR) is 115 cm³/mol. The maximum atomic E-state index is 13.4. The molecule has 1 aliphatic rings. The van der Waals surface area contributed by atoms with Gasteiger partial charge in [-0.15, -0.1) is 0 Å². The average molecular weight is 407 g/mol. The van der Waals surface area contributed by atoms with Gasteiger partial charge in [-0.05, 0) is 35.7 Å². The normalized spacial score (nSPS) is 14.4. The summed E-state index contributed by atoms with van der Waals surface area (Å²) in [4.78, 5) is 41.0. The summed E-state index contributed by atoms with van der Waals surface area (Å²) in [6.07, 6.45) is 0. The fourth-order valence-corrected chi connectivity index (χ4v) is 3.76. The summed E-state index contributed by atoms with van der Waals surface area (Å²) in [5.41, 5.74) is 1.17. The van der Waals surface area contributed by atoms with Crippen LogP contribution in [0.15, 0.2) is 58.1 Å². The Balaban J connectivity index is 1.84. The highest BCUT2D eigenvalue weighted by molar-refractivity contribution is 5.82. The van der Waals surface area contributed by atoms with Gasteiger partial charge >= 0.3 is 5.69 Å². The largest absolute Gasteiger partial charge is 0.378 e. The maximum absolute atomic E-state index is 13.4. The lowest BCUT2D eigenvalue weighted by molar-refractivity contribution is -0.135. The van der Waals surface area contributed by atoms with Crippen molar-refractivity contribution in [2.45, 2.75) is 26.3 Å². The van der Waals surface area contributed by atoms with E-state index >= 15 is 0 Å². The third kappa shape index (κ3) is 3.68. The molecule has 1 aliphatic heterocycles. The van der Waals surface area contributed by atoms with Crippen LogP contribution in [0, 0.1) is 0 Å². The molecular formula is C23H25N3O4. The summed E-state index contributed by atoms with van der Waals surface area (Å²) in [7, 11) is 0. The highest BCUT2D eigenvalue weighted by Gasteiger charge is 2.21. The molecule has 1 amide bonds. The van der Waals surface area contributed by atoms with Crippen molar-refractivity contribution < 1.29 is 9.53 Å². The number of amides is 1. The standard InChI is InChI=1S/C23H25N3O4/c1-16(2)17-7-9-18(10-8-17)26-22(28)19-5-3-4-6-20(19)25(23(26)29)15-21(27)24-11-13-30-14-12-24/h3-10,16H,11-15H2,1-2H3. The number of benzene rings is 2. The Morgan fingerprint density at radius 2 is 1.67 bits per heavy atom. The lowest BCUT2D eigenvalue weighted by Gasteiger charge is -2.27. The van der Waals surface area contributed by atoms with Gasteiger partial charge in [-0.1, -0.05) is 38.1 Å². The van der Waals surface area contributed by atoms with Crippen molar-refractivity contribution in [3.63, 3.8) is 0 Å². The third-order valence-electron chi connectivity index (χ3n) is 5.53. The van der Waals surface area contributed by atoms with Crippen molar-refractivity contribution in [1.82, 2.24) is 14.0 Å². The van der Waals surface area contributed by atoms with Gasteiger partial charge in [0.05, 0.1) is 29.8 Å². The van der Waals surface area contributed by atoms with Gasteiger partial charge in [0.25, 0.3) is 5.56 Å². The molecule has 3 aromatic rings. The molecule has 7 nitrogen and oxygen atoms in total. The van der Waals surface area contributed by atoms with Crippen LogP contribution in [0.25, 0.3) is 16.6 Å². The lowest BCUT2D eigenvalue weighted by atomic mass is 10.0. The molecule has 4 rings (SSSR count). The van der Waals surface area contributed by atoms with Gasteiger partial charge in [0.15, 0.2) is 0 Å². The fourth-order valence-electron chi connectivity index (χ4n) is 3.76. The van der Waals surface area contributed by atoms with E-state index in [1.54, 1.807) is 41.3 Å². The van der Waals surface area contributed by atoms with Crippen molar-refractivity contribution in [2.75, 3.05) is 26.3 Å². The van der Waals surface area contributed by atoms with Crippen molar-refractivity contribution >= 4 is 16.8 Å². The van der Waals surface area contributed by atoms with E-state index in [1.165, 1.54) is 4.57 Å². The van der Waals surface area contributed by atoms with Crippen LogP contribution in [0.1, 0.15) is 25.3 Å². The van der Waals surface area contributed by atoms with E-state index in [9.17, 15) is 14.4 Å². The second kappa shape index (κ2) is 8.28. The van der Waals surface area contributed by atoms with Crippen LogP contribution in [-0.4, -0.2) is 46.2 Å². The quantitative estimate of drug-likeness (QED) is 0.664. The first-order valence-electron chi connectivity index (χ1n) is 10.2. The number of hydrogen-bond acceptors (Lipinski definition) is 4. The van der Waals surface area contributed by atoms with E-state index in [1.807, 2.05) is 12.1 Å². The second-order valence-corrected chi connectivity index (χ2v) is 7.77. The smallest absolute Gasteiger partial charge is 0.336 e. The highest BCUT2D eigenvalue weighted by Crippen LogP contribution is 2.16. The first kappa shape index (κ1) is 20.1. The Labute approximate surface area is 174 Å². The maximum Gasteiger partial charge on any atom is 0.336 e. The van der Waals surface area contributed by atoms with E-state index in [2.05, 4.69) is 13.8 Å². The Hall–Kier alpha value is -3.19. The average Bonchev–Trinajstić information content (AvgIpc) is 2.77. The van der Waals surface area contributed by atoms with E-state index in [4.69, 9.17) is 4.74 Å². The molecule has 1 fully saturated rings. The number of aromatic nitrogens is 2. The Morgan fingerprint density at radius 1 is 1.00 bits per heavy atom. The van der Waals surface area contributed by atoms with Gasteiger partial charge in [0.1, 0.15) is 6.54 Å². The number of fused-ring (bicyclic) bond motifs is 1. The van der Waals surface area contributed by atoms with Gasteiger partial charge in [-0.2, -0.15) is 0 Å². The number of nitrogens with zero attached hydrogens (tertiary/aromatic N) is 3. The van der Waals surface area contributed by atoms with Crippen LogP contribution in [-0.2, 0) is 16.1 Å². The predicted octanol–water partition coefficient (Wildman–Crippen LogP) is 2.13. The number of rotatable bonds is 4. The van der Waals surface area contributed by atoms with Gasteiger partial charge in [0, 0.05) is 13.1 Å². The van der Waals surface area contributed by atoms with E-state index in [0.29, 0.717) is 48.8 Å². The molecule has 0 aliphatic carbocycles. The number of ether oxygens (including phenoxy) is 1. The molecule has 0 bridgehead atoms. The fraction of sp³-hybridized carbons (Fsp3) is 0.348. The van der Waals surface area contributed by atoms with Crippen LogP contribution in [0.5, 0.6) is 0 Å². The molecule has 0 radical (unpaired) electrons. The Bertz CT molecular complexity index is 1190. The molecule has 0 N–H and O–H groups in total. The molecule has 2 heterocycles. The monoisotopic (exact) mass is 407 g/mol. The van der Waals surface area contributed by atoms with Crippen LogP contribution in [0.2, 0.25) is 0 Å². The molecule has 7 heteroatoms. The number of carbonyl (C=O) groups excluding carboxylic acids is 1. The summed E-state index contributed by atoms with van der Waals surface area (Å²) in [5.74, 6) is 0.182.